The second-order valence-electron chi connectivity index (χ2n) is 4.44. The number of ether oxygens (including phenoxy) is 1. The maximum Gasteiger partial charge on any atom is 0.277 e. The van der Waals surface area contributed by atoms with Gasteiger partial charge in [-0.1, -0.05) is 29.8 Å². The summed E-state index contributed by atoms with van der Waals surface area (Å²) in [7, 11) is 0. The number of carbonyl (C=O) groups excluding carboxylic acids is 1. The Morgan fingerprint density at radius 1 is 1.33 bits per heavy atom. The van der Waals surface area contributed by atoms with Gasteiger partial charge in [-0.2, -0.15) is 5.10 Å². The zero-order valence-corrected chi connectivity index (χ0v) is 13.3. The Balaban J connectivity index is 1.84. The van der Waals surface area contributed by atoms with Crippen LogP contribution in [0.3, 0.4) is 0 Å². The van der Waals surface area contributed by atoms with Gasteiger partial charge >= 0.3 is 0 Å². The molecule has 2 aromatic rings. The Labute approximate surface area is 132 Å². The molecule has 0 fully saturated rings. The number of carbonyl (C=O) groups is 1. The van der Waals surface area contributed by atoms with Gasteiger partial charge in [-0.25, -0.2) is 5.43 Å². The van der Waals surface area contributed by atoms with Gasteiger partial charge in [0.15, 0.2) is 6.61 Å². The van der Waals surface area contributed by atoms with Crippen molar-refractivity contribution in [2.45, 2.75) is 13.8 Å². The molecule has 0 aliphatic heterocycles. The van der Waals surface area contributed by atoms with Gasteiger partial charge in [-0.05, 0) is 37.1 Å². The number of halogens is 1. The van der Waals surface area contributed by atoms with Crippen molar-refractivity contribution in [1.29, 1.82) is 0 Å². The van der Waals surface area contributed by atoms with Crippen LogP contribution in [0.1, 0.15) is 16.0 Å². The predicted octanol–water partition coefficient (Wildman–Crippen LogP) is 3.55. The van der Waals surface area contributed by atoms with Crippen LogP contribution in [-0.2, 0) is 4.79 Å². The van der Waals surface area contributed by atoms with Crippen LogP contribution in [0.2, 0.25) is 4.34 Å². The Morgan fingerprint density at radius 3 is 2.67 bits per heavy atom. The molecule has 0 saturated carbocycles. The molecule has 0 radical (unpaired) electrons. The first kappa shape index (κ1) is 15.5. The molecule has 0 bridgehead atoms. The van der Waals surface area contributed by atoms with Crippen LogP contribution in [0.25, 0.3) is 0 Å². The maximum absolute atomic E-state index is 11.7. The minimum Gasteiger partial charge on any atom is -0.483 e. The second-order valence-corrected chi connectivity index (χ2v) is 6.19. The van der Waals surface area contributed by atoms with Crippen molar-refractivity contribution < 1.29 is 9.53 Å². The molecule has 1 aromatic carbocycles. The number of hydrazone groups is 1. The number of rotatable bonds is 5. The molecule has 0 spiro atoms. The highest BCUT2D eigenvalue weighted by atomic mass is 35.5. The van der Waals surface area contributed by atoms with Crippen molar-refractivity contribution in [3.05, 3.63) is 50.7 Å². The molecule has 0 saturated heterocycles. The topological polar surface area (TPSA) is 50.7 Å². The molecule has 110 valence electrons. The van der Waals surface area contributed by atoms with Crippen LogP contribution in [0, 0.1) is 13.8 Å². The number of nitrogens with zero attached hydrogens (tertiary/aromatic N) is 1. The highest BCUT2D eigenvalue weighted by Crippen LogP contribution is 2.22. The Morgan fingerprint density at radius 2 is 2.05 bits per heavy atom. The number of para-hydroxylation sites is 1. The van der Waals surface area contributed by atoms with E-state index in [9.17, 15) is 4.79 Å². The third-order valence-corrected chi connectivity index (χ3v) is 3.90. The number of hydrogen-bond acceptors (Lipinski definition) is 4. The average molecular weight is 323 g/mol. The van der Waals surface area contributed by atoms with Gasteiger partial charge in [0, 0.05) is 4.88 Å². The van der Waals surface area contributed by atoms with Crippen molar-refractivity contribution in [3.8, 4) is 5.75 Å². The van der Waals surface area contributed by atoms with Crippen LogP contribution < -0.4 is 10.2 Å². The van der Waals surface area contributed by atoms with Gasteiger partial charge in [-0.15, -0.1) is 11.3 Å². The number of amides is 1. The molecule has 0 unspecified atom stereocenters. The quantitative estimate of drug-likeness (QED) is 0.676. The third-order valence-electron chi connectivity index (χ3n) is 2.73. The highest BCUT2D eigenvalue weighted by molar-refractivity contribution is 7.17. The lowest BCUT2D eigenvalue weighted by Gasteiger charge is -2.10. The van der Waals surface area contributed by atoms with Gasteiger partial charge in [0.05, 0.1) is 10.6 Å². The zero-order chi connectivity index (χ0) is 15.2. The van der Waals surface area contributed by atoms with E-state index in [1.807, 2.05) is 38.1 Å². The largest absolute Gasteiger partial charge is 0.483 e. The predicted molar refractivity (Wildman–Crippen MR) is 86.5 cm³/mol. The summed E-state index contributed by atoms with van der Waals surface area (Å²) < 4.78 is 6.21. The normalized spacial score (nSPS) is 10.8. The first-order valence-electron chi connectivity index (χ1n) is 6.32. The Hall–Kier alpha value is -1.85. The molecule has 2 rings (SSSR count). The fraction of sp³-hybridized carbons (Fsp3) is 0.200. The molecule has 0 aliphatic carbocycles. The summed E-state index contributed by atoms with van der Waals surface area (Å²) in [6, 6.07) is 9.45. The summed E-state index contributed by atoms with van der Waals surface area (Å²) in [4.78, 5) is 12.5. The van der Waals surface area contributed by atoms with E-state index in [0.29, 0.717) is 4.34 Å². The fourth-order valence-electron chi connectivity index (χ4n) is 1.76. The monoisotopic (exact) mass is 322 g/mol. The van der Waals surface area contributed by atoms with Crippen molar-refractivity contribution in [3.63, 3.8) is 0 Å². The Kier molecular flexibility index (Phi) is 5.36. The van der Waals surface area contributed by atoms with Crippen LogP contribution in [-0.4, -0.2) is 18.7 Å². The van der Waals surface area contributed by atoms with E-state index in [-0.39, 0.29) is 12.5 Å². The first-order chi connectivity index (χ1) is 10.1. The van der Waals surface area contributed by atoms with E-state index >= 15 is 0 Å². The van der Waals surface area contributed by atoms with E-state index in [2.05, 4.69) is 10.5 Å². The maximum atomic E-state index is 11.7. The molecular formula is C15H15ClN2O2S. The van der Waals surface area contributed by atoms with E-state index in [1.54, 1.807) is 12.3 Å². The van der Waals surface area contributed by atoms with Gasteiger partial charge in [0.2, 0.25) is 0 Å². The molecule has 21 heavy (non-hydrogen) atoms. The molecule has 0 atom stereocenters. The third kappa shape index (κ3) is 4.58. The number of nitrogens with one attached hydrogen (secondary N) is 1. The molecule has 6 heteroatoms. The molecule has 0 aliphatic rings. The van der Waals surface area contributed by atoms with Gasteiger partial charge in [0.1, 0.15) is 5.75 Å². The van der Waals surface area contributed by atoms with Crippen LogP contribution in [0.4, 0.5) is 0 Å². The highest BCUT2D eigenvalue weighted by Gasteiger charge is 2.06. The minimum atomic E-state index is -0.309. The lowest BCUT2D eigenvalue weighted by Crippen LogP contribution is -2.24. The molecular weight excluding hydrogens is 308 g/mol. The average Bonchev–Trinajstić information content (AvgIpc) is 2.84. The smallest absolute Gasteiger partial charge is 0.277 e. The van der Waals surface area contributed by atoms with E-state index in [1.165, 1.54) is 11.3 Å². The second kappa shape index (κ2) is 7.24. The molecule has 1 amide bonds. The summed E-state index contributed by atoms with van der Waals surface area (Å²) in [5.41, 5.74) is 4.42. The van der Waals surface area contributed by atoms with Crippen molar-refractivity contribution in [1.82, 2.24) is 5.43 Å². The standard InChI is InChI=1S/C15H15ClN2O2S/c1-10-4-3-5-11(2)15(10)20-9-14(19)18-17-8-12-6-7-13(16)21-12/h3-8H,9H2,1-2H3,(H,18,19)/b17-8-. The van der Waals surface area contributed by atoms with Crippen LogP contribution in [0.15, 0.2) is 35.4 Å². The van der Waals surface area contributed by atoms with Crippen molar-refractivity contribution in [2.24, 2.45) is 5.10 Å². The van der Waals surface area contributed by atoms with Gasteiger partial charge in [0.25, 0.3) is 5.91 Å². The van der Waals surface area contributed by atoms with Crippen molar-refractivity contribution >= 4 is 35.1 Å². The Bertz CT molecular complexity index is 647. The van der Waals surface area contributed by atoms with E-state index in [0.717, 1.165) is 21.8 Å². The van der Waals surface area contributed by atoms with Gasteiger partial charge in [-0.3, -0.25) is 4.79 Å². The molecule has 1 heterocycles. The molecule has 1 N–H and O–H groups in total. The van der Waals surface area contributed by atoms with Crippen LogP contribution in [0.5, 0.6) is 5.75 Å². The fourth-order valence-corrected chi connectivity index (χ4v) is 2.70. The van der Waals surface area contributed by atoms with E-state index in [4.69, 9.17) is 16.3 Å². The molecule has 1 aromatic heterocycles. The van der Waals surface area contributed by atoms with Crippen LogP contribution >= 0.6 is 22.9 Å². The lowest BCUT2D eigenvalue weighted by atomic mass is 10.1. The number of thiophene rings is 1. The first-order valence-corrected chi connectivity index (χ1v) is 7.52. The summed E-state index contributed by atoms with van der Waals surface area (Å²) >= 11 is 7.19. The molecule has 4 nitrogen and oxygen atoms in total. The summed E-state index contributed by atoms with van der Waals surface area (Å²) in [6.45, 7) is 3.81. The number of hydrogen-bond donors (Lipinski definition) is 1. The zero-order valence-electron chi connectivity index (χ0n) is 11.7. The number of benzene rings is 1. The van der Waals surface area contributed by atoms with Gasteiger partial charge < -0.3 is 4.74 Å². The SMILES string of the molecule is Cc1cccc(C)c1OCC(=O)N/N=C\c1ccc(Cl)s1. The van der Waals surface area contributed by atoms with Crippen molar-refractivity contribution in [2.75, 3.05) is 6.61 Å². The summed E-state index contributed by atoms with van der Waals surface area (Å²) in [5.74, 6) is 0.429. The summed E-state index contributed by atoms with van der Waals surface area (Å²) in [6.07, 6.45) is 1.55. The van der Waals surface area contributed by atoms with E-state index < -0.39 is 0 Å². The minimum absolute atomic E-state index is 0.0752. The summed E-state index contributed by atoms with van der Waals surface area (Å²) in [5, 5.41) is 3.86. The lowest BCUT2D eigenvalue weighted by molar-refractivity contribution is -0.123. The number of aryl methyl sites for hydroxylation is 2.